The van der Waals surface area contributed by atoms with E-state index in [1.807, 2.05) is 13.8 Å². The lowest BCUT2D eigenvalue weighted by Gasteiger charge is -2.30. The smallest absolute Gasteiger partial charge is 0.317 e. The number of amides is 2. The average molecular weight is 290 g/mol. The SMILES string of the molecule is CCC(C)N(CC(=O)O)CN1C(=O)c2ccccc2C1=O. The Balaban J connectivity index is 2.21. The number of hydrogen-bond acceptors (Lipinski definition) is 4. The topological polar surface area (TPSA) is 77.9 Å². The van der Waals surface area contributed by atoms with Gasteiger partial charge in [-0.15, -0.1) is 0 Å². The molecule has 6 heteroatoms. The van der Waals surface area contributed by atoms with E-state index < -0.39 is 5.97 Å². The molecule has 0 spiro atoms. The fourth-order valence-electron chi connectivity index (χ4n) is 2.33. The first kappa shape index (κ1) is 15.2. The summed E-state index contributed by atoms with van der Waals surface area (Å²) in [4.78, 5) is 38.2. The molecule has 112 valence electrons. The van der Waals surface area contributed by atoms with Gasteiger partial charge in [-0.1, -0.05) is 19.1 Å². The van der Waals surface area contributed by atoms with Gasteiger partial charge in [0.05, 0.1) is 24.3 Å². The van der Waals surface area contributed by atoms with Crippen molar-refractivity contribution in [1.29, 1.82) is 0 Å². The Labute approximate surface area is 123 Å². The van der Waals surface area contributed by atoms with E-state index in [1.165, 1.54) is 0 Å². The van der Waals surface area contributed by atoms with Crippen LogP contribution in [-0.4, -0.2) is 51.9 Å². The molecule has 1 heterocycles. The Bertz CT molecular complexity index is 550. The molecule has 0 saturated carbocycles. The summed E-state index contributed by atoms with van der Waals surface area (Å²) in [5.41, 5.74) is 0.754. The molecule has 1 atom stereocenters. The lowest BCUT2D eigenvalue weighted by molar-refractivity contribution is -0.139. The molecule has 0 bridgehead atoms. The molecule has 6 nitrogen and oxygen atoms in total. The van der Waals surface area contributed by atoms with E-state index in [0.29, 0.717) is 11.1 Å². The van der Waals surface area contributed by atoms with Crippen LogP contribution in [0.4, 0.5) is 0 Å². The summed E-state index contributed by atoms with van der Waals surface area (Å²) in [6, 6.07) is 6.60. The molecule has 0 fully saturated rings. The molecule has 1 aliphatic rings. The van der Waals surface area contributed by atoms with E-state index in [1.54, 1.807) is 29.2 Å². The second-order valence-electron chi connectivity index (χ2n) is 5.12. The first-order valence-electron chi connectivity index (χ1n) is 6.86. The maximum Gasteiger partial charge on any atom is 0.317 e. The number of carbonyl (C=O) groups excluding carboxylic acids is 2. The number of carbonyl (C=O) groups is 3. The van der Waals surface area contributed by atoms with Crippen molar-refractivity contribution in [3.05, 3.63) is 35.4 Å². The number of rotatable bonds is 6. The third-order valence-electron chi connectivity index (χ3n) is 3.75. The minimum Gasteiger partial charge on any atom is -0.480 e. The fraction of sp³-hybridized carbons (Fsp3) is 0.400. The molecule has 2 rings (SSSR count). The van der Waals surface area contributed by atoms with Crippen molar-refractivity contribution in [3.8, 4) is 0 Å². The summed E-state index contributed by atoms with van der Waals surface area (Å²) in [7, 11) is 0. The van der Waals surface area contributed by atoms with E-state index >= 15 is 0 Å². The lowest BCUT2D eigenvalue weighted by atomic mass is 10.1. The number of fused-ring (bicyclic) bond motifs is 1. The molecule has 0 saturated heterocycles. The highest BCUT2D eigenvalue weighted by Crippen LogP contribution is 2.23. The van der Waals surface area contributed by atoms with E-state index in [9.17, 15) is 14.4 Å². The van der Waals surface area contributed by atoms with Crippen LogP contribution in [0.3, 0.4) is 0 Å². The predicted molar refractivity (Wildman–Crippen MR) is 75.9 cm³/mol. The molecule has 0 radical (unpaired) electrons. The van der Waals surface area contributed by atoms with Crippen LogP contribution in [0.1, 0.15) is 41.0 Å². The van der Waals surface area contributed by atoms with Crippen LogP contribution < -0.4 is 0 Å². The fourth-order valence-corrected chi connectivity index (χ4v) is 2.33. The standard InChI is InChI=1S/C15H18N2O4/c1-3-10(2)16(8-13(18)19)9-17-14(20)11-6-4-5-7-12(11)15(17)21/h4-7,10H,3,8-9H2,1-2H3,(H,18,19). The van der Waals surface area contributed by atoms with Crippen molar-refractivity contribution >= 4 is 17.8 Å². The maximum atomic E-state index is 12.3. The summed E-state index contributed by atoms with van der Waals surface area (Å²) in [6.45, 7) is 3.60. The van der Waals surface area contributed by atoms with Crippen LogP contribution in [0.15, 0.2) is 24.3 Å². The number of benzene rings is 1. The van der Waals surface area contributed by atoms with Gasteiger partial charge in [0.2, 0.25) is 0 Å². The largest absolute Gasteiger partial charge is 0.480 e. The molecule has 1 N–H and O–H groups in total. The number of imide groups is 1. The molecule has 1 aliphatic heterocycles. The average Bonchev–Trinajstić information content (AvgIpc) is 2.71. The number of aliphatic carboxylic acids is 1. The van der Waals surface area contributed by atoms with Gasteiger partial charge in [-0.25, -0.2) is 0 Å². The minimum atomic E-state index is -0.980. The summed E-state index contributed by atoms with van der Waals surface area (Å²) in [5, 5.41) is 8.98. The molecule has 0 aliphatic carbocycles. The molecule has 1 aromatic carbocycles. The maximum absolute atomic E-state index is 12.3. The third kappa shape index (κ3) is 2.95. The zero-order valence-corrected chi connectivity index (χ0v) is 12.1. The van der Waals surface area contributed by atoms with Crippen molar-refractivity contribution in [2.24, 2.45) is 0 Å². The number of nitrogens with zero attached hydrogens (tertiary/aromatic N) is 2. The van der Waals surface area contributed by atoms with Crippen LogP contribution >= 0.6 is 0 Å². The Morgan fingerprint density at radius 1 is 1.24 bits per heavy atom. The Hall–Kier alpha value is -2.21. The van der Waals surface area contributed by atoms with E-state index in [-0.39, 0.29) is 31.1 Å². The quantitative estimate of drug-likeness (QED) is 0.802. The molecule has 1 unspecified atom stereocenters. The van der Waals surface area contributed by atoms with Gasteiger partial charge in [-0.05, 0) is 25.5 Å². The molecule has 21 heavy (non-hydrogen) atoms. The first-order valence-corrected chi connectivity index (χ1v) is 6.86. The van der Waals surface area contributed by atoms with Crippen molar-refractivity contribution in [2.45, 2.75) is 26.3 Å². The third-order valence-corrected chi connectivity index (χ3v) is 3.75. The minimum absolute atomic E-state index is 0.00630. The second-order valence-corrected chi connectivity index (χ2v) is 5.12. The Morgan fingerprint density at radius 3 is 2.19 bits per heavy atom. The highest BCUT2D eigenvalue weighted by atomic mass is 16.4. The molecule has 1 aromatic rings. The van der Waals surface area contributed by atoms with Crippen LogP contribution in [0, 0.1) is 0 Å². The second kappa shape index (κ2) is 6.05. The lowest BCUT2D eigenvalue weighted by Crippen LogP contribution is -2.46. The van der Waals surface area contributed by atoms with Gasteiger partial charge >= 0.3 is 5.97 Å². The summed E-state index contributed by atoms with van der Waals surface area (Å²) in [5.74, 6) is -1.71. The predicted octanol–water partition coefficient (Wildman–Crippen LogP) is 1.43. The zero-order valence-electron chi connectivity index (χ0n) is 12.1. The number of carboxylic acids is 1. The molecule has 0 aromatic heterocycles. The van der Waals surface area contributed by atoms with Crippen LogP contribution in [0.2, 0.25) is 0 Å². The highest BCUT2D eigenvalue weighted by Gasteiger charge is 2.36. The van der Waals surface area contributed by atoms with Gasteiger partial charge in [0.15, 0.2) is 0 Å². The number of hydrogen-bond donors (Lipinski definition) is 1. The van der Waals surface area contributed by atoms with E-state index in [2.05, 4.69) is 0 Å². The van der Waals surface area contributed by atoms with Gasteiger partial charge in [0, 0.05) is 6.04 Å². The highest BCUT2D eigenvalue weighted by molar-refractivity contribution is 6.21. The van der Waals surface area contributed by atoms with Crippen LogP contribution in [0.5, 0.6) is 0 Å². The summed E-state index contributed by atoms with van der Waals surface area (Å²) < 4.78 is 0. The molecular formula is C15H18N2O4. The first-order chi connectivity index (χ1) is 9.95. The zero-order chi connectivity index (χ0) is 15.6. The van der Waals surface area contributed by atoms with Gasteiger partial charge in [0.1, 0.15) is 0 Å². The summed E-state index contributed by atoms with van der Waals surface area (Å²) in [6.07, 6.45) is 0.733. The van der Waals surface area contributed by atoms with Gasteiger partial charge in [-0.3, -0.25) is 24.2 Å². The van der Waals surface area contributed by atoms with E-state index in [4.69, 9.17) is 5.11 Å². The Morgan fingerprint density at radius 2 is 1.76 bits per heavy atom. The van der Waals surface area contributed by atoms with E-state index in [0.717, 1.165) is 11.3 Å². The van der Waals surface area contributed by atoms with Crippen molar-refractivity contribution in [1.82, 2.24) is 9.80 Å². The molecule has 2 amide bonds. The van der Waals surface area contributed by atoms with Crippen LogP contribution in [-0.2, 0) is 4.79 Å². The monoisotopic (exact) mass is 290 g/mol. The van der Waals surface area contributed by atoms with Crippen molar-refractivity contribution < 1.29 is 19.5 Å². The normalized spacial score (nSPS) is 15.5. The number of carboxylic acid groups (broad SMARTS) is 1. The van der Waals surface area contributed by atoms with Crippen molar-refractivity contribution in [3.63, 3.8) is 0 Å². The van der Waals surface area contributed by atoms with Crippen LogP contribution in [0.25, 0.3) is 0 Å². The summed E-state index contributed by atoms with van der Waals surface area (Å²) >= 11 is 0. The van der Waals surface area contributed by atoms with Gasteiger partial charge < -0.3 is 5.11 Å². The molecular weight excluding hydrogens is 272 g/mol. The Kier molecular flexibility index (Phi) is 4.37. The van der Waals surface area contributed by atoms with Crippen molar-refractivity contribution in [2.75, 3.05) is 13.2 Å². The van der Waals surface area contributed by atoms with Gasteiger partial charge in [0.25, 0.3) is 11.8 Å². The van der Waals surface area contributed by atoms with Gasteiger partial charge in [-0.2, -0.15) is 0 Å².